The molecule has 0 spiro atoms. The van der Waals surface area contributed by atoms with E-state index in [-0.39, 0.29) is 0 Å². The lowest BCUT2D eigenvalue weighted by atomic mass is 10.1. The fourth-order valence-electron chi connectivity index (χ4n) is 2.49. The average Bonchev–Trinajstić information content (AvgIpc) is 2.78. The van der Waals surface area contributed by atoms with Crippen LogP contribution in [-0.4, -0.2) is 0 Å². The van der Waals surface area contributed by atoms with Gasteiger partial charge in [-0.2, -0.15) is 0 Å². The Morgan fingerprint density at radius 1 is 1.17 bits per heavy atom. The Morgan fingerprint density at radius 2 is 2.00 bits per heavy atom. The van der Waals surface area contributed by atoms with Crippen LogP contribution in [0.4, 0.5) is 5.69 Å². The van der Waals surface area contributed by atoms with Crippen molar-refractivity contribution in [2.75, 3.05) is 5.32 Å². The van der Waals surface area contributed by atoms with E-state index in [1.54, 1.807) is 0 Å². The van der Waals surface area contributed by atoms with Crippen molar-refractivity contribution in [3.63, 3.8) is 0 Å². The number of hydrogen-bond donors (Lipinski definition) is 1. The summed E-state index contributed by atoms with van der Waals surface area (Å²) in [7, 11) is 0. The first-order valence-electron chi connectivity index (χ1n) is 6.03. The van der Waals surface area contributed by atoms with Crippen molar-refractivity contribution in [2.45, 2.75) is 18.9 Å². The molecule has 3 heteroatoms. The van der Waals surface area contributed by atoms with Crippen molar-refractivity contribution >= 4 is 33.2 Å². The normalized spacial score (nSPS) is 17.6. The highest BCUT2D eigenvalue weighted by atomic mass is 79.9. The summed E-state index contributed by atoms with van der Waals surface area (Å²) >= 11 is 9.46. The minimum Gasteiger partial charge on any atom is -0.378 e. The van der Waals surface area contributed by atoms with Crippen LogP contribution in [-0.2, 0) is 6.42 Å². The molecule has 1 aliphatic rings. The van der Waals surface area contributed by atoms with E-state index in [1.807, 2.05) is 18.2 Å². The van der Waals surface area contributed by atoms with Gasteiger partial charge >= 0.3 is 0 Å². The zero-order valence-electron chi connectivity index (χ0n) is 9.79. The number of nitrogens with one attached hydrogen (secondary N) is 1. The Kier molecular flexibility index (Phi) is 3.31. The zero-order valence-corrected chi connectivity index (χ0v) is 12.1. The van der Waals surface area contributed by atoms with Gasteiger partial charge in [-0.05, 0) is 58.1 Å². The standard InChI is InChI=1S/C15H13BrClN/c16-13-9-11(6-7-14(13)17)18-15-8-5-10-3-1-2-4-12(10)15/h1-4,6-7,9,15,18H,5,8H2. The fraction of sp³-hybridized carbons (Fsp3) is 0.200. The summed E-state index contributed by atoms with van der Waals surface area (Å²) in [6.07, 6.45) is 2.31. The molecule has 0 saturated heterocycles. The Balaban J connectivity index is 1.84. The van der Waals surface area contributed by atoms with Crippen LogP contribution >= 0.6 is 27.5 Å². The van der Waals surface area contributed by atoms with Crippen molar-refractivity contribution < 1.29 is 0 Å². The van der Waals surface area contributed by atoms with Crippen LogP contribution in [0.5, 0.6) is 0 Å². The number of hydrogen-bond acceptors (Lipinski definition) is 1. The maximum absolute atomic E-state index is 6.00. The van der Waals surface area contributed by atoms with E-state index in [0.29, 0.717) is 6.04 Å². The monoisotopic (exact) mass is 321 g/mol. The largest absolute Gasteiger partial charge is 0.378 e. The van der Waals surface area contributed by atoms with Crippen molar-refractivity contribution in [1.29, 1.82) is 0 Å². The third kappa shape index (κ3) is 2.27. The van der Waals surface area contributed by atoms with Gasteiger partial charge in [0.1, 0.15) is 0 Å². The highest BCUT2D eigenvalue weighted by Gasteiger charge is 2.21. The number of fused-ring (bicyclic) bond motifs is 1. The molecule has 18 heavy (non-hydrogen) atoms. The molecule has 92 valence electrons. The van der Waals surface area contributed by atoms with E-state index in [2.05, 4.69) is 45.5 Å². The molecule has 2 aromatic carbocycles. The molecule has 0 fully saturated rings. The van der Waals surface area contributed by atoms with Gasteiger partial charge in [-0.25, -0.2) is 0 Å². The van der Waals surface area contributed by atoms with Crippen molar-refractivity contribution in [3.8, 4) is 0 Å². The molecule has 1 nitrogen and oxygen atoms in total. The van der Waals surface area contributed by atoms with Crippen molar-refractivity contribution in [3.05, 3.63) is 63.1 Å². The molecule has 0 bridgehead atoms. The van der Waals surface area contributed by atoms with Gasteiger partial charge in [0.05, 0.1) is 11.1 Å². The summed E-state index contributed by atoms with van der Waals surface area (Å²) < 4.78 is 0.931. The topological polar surface area (TPSA) is 12.0 Å². The molecule has 1 unspecified atom stereocenters. The van der Waals surface area contributed by atoms with Crippen LogP contribution in [0.2, 0.25) is 5.02 Å². The van der Waals surface area contributed by atoms with E-state index >= 15 is 0 Å². The first kappa shape index (κ1) is 12.1. The molecule has 0 aromatic heterocycles. The van der Waals surface area contributed by atoms with Crippen LogP contribution in [0.25, 0.3) is 0 Å². The first-order chi connectivity index (χ1) is 8.74. The number of halogens is 2. The molecule has 2 aromatic rings. The number of benzene rings is 2. The van der Waals surface area contributed by atoms with Gasteiger partial charge in [-0.15, -0.1) is 0 Å². The van der Waals surface area contributed by atoms with Gasteiger partial charge in [0.15, 0.2) is 0 Å². The molecule has 1 atom stereocenters. The van der Waals surface area contributed by atoms with Gasteiger partial charge in [-0.3, -0.25) is 0 Å². The second-order valence-electron chi connectivity index (χ2n) is 4.56. The number of aryl methyl sites for hydroxylation is 1. The third-order valence-electron chi connectivity index (χ3n) is 3.39. The summed E-state index contributed by atoms with van der Waals surface area (Å²) in [4.78, 5) is 0. The lowest BCUT2D eigenvalue weighted by Crippen LogP contribution is -2.06. The van der Waals surface area contributed by atoms with Gasteiger partial charge in [0.25, 0.3) is 0 Å². The molecule has 0 saturated carbocycles. The van der Waals surface area contributed by atoms with Gasteiger partial charge in [0.2, 0.25) is 0 Å². The summed E-state index contributed by atoms with van der Waals surface area (Å²) in [5.41, 5.74) is 3.99. The predicted octanol–water partition coefficient (Wildman–Crippen LogP) is 5.20. The fourth-order valence-corrected chi connectivity index (χ4v) is 2.99. The Bertz CT molecular complexity index is 582. The Labute approximate surface area is 120 Å². The summed E-state index contributed by atoms with van der Waals surface area (Å²) in [5, 5.41) is 4.32. The molecule has 0 amide bonds. The van der Waals surface area contributed by atoms with E-state index in [1.165, 1.54) is 11.1 Å². The highest BCUT2D eigenvalue weighted by Crippen LogP contribution is 2.35. The maximum Gasteiger partial charge on any atom is 0.0549 e. The molecule has 0 aliphatic heterocycles. The van der Waals surface area contributed by atoms with E-state index in [9.17, 15) is 0 Å². The molecule has 3 rings (SSSR count). The average molecular weight is 323 g/mol. The Hall–Kier alpha value is -0.990. The molecule has 0 heterocycles. The SMILES string of the molecule is Clc1ccc(NC2CCc3ccccc32)cc1Br. The molecular formula is C15H13BrClN. The first-order valence-corrected chi connectivity index (χ1v) is 7.20. The van der Waals surface area contributed by atoms with Gasteiger partial charge in [0, 0.05) is 10.2 Å². The quantitative estimate of drug-likeness (QED) is 0.801. The predicted molar refractivity (Wildman–Crippen MR) is 80.3 cm³/mol. The van der Waals surface area contributed by atoms with Gasteiger partial charge in [-0.1, -0.05) is 35.9 Å². The van der Waals surface area contributed by atoms with Crippen LogP contribution in [0.15, 0.2) is 46.9 Å². The molecular weight excluding hydrogens is 310 g/mol. The van der Waals surface area contributed by atoms with Crippen LogP contribution in [0, 0.1) is 0 Å². The Morgan fingerprint density at radius 3 is 2.83 bits per heavy atom. The minimum atomic E-state index is 0.411. The van der Waals surface area contributed by atoms with Crippen LogP contribution < -0.4 is 5.32 Å². The number of rotatable bonds is 2. The summed E-state index contributed by atoms with van der Waals surface area (Å²) in [6.45, 7) is 0. The second kappa shape index (κ2) is 4.94. The van der Waals surface area contributed by atoms with E-state index in [0.717, 1.165) is 28.0 Å². The molecule has 1 N–H and O–H groups in total. The molecule has 0 radical (unpaired) electrons. The lowest BCUT2D eigenvalue weighted by molar-refractivity contribution is 0.762. The third-order valence-corrected chi connectivity index (χ3v) is 4.61. The smallest absolute Gasteiger partial charge is 0.0549 e. The van der Waals surface area contributed by atoms with E-state index < -0.39 is 0 Å². The summed E-state index contributed by atoms with van der Waals surface area (Å²) in [6, 6.07) is 15.0. The summed E-state index contributed by atoms with van der Waals surface area (Å²) in [5.74, 6) is 0. The van der Waals surface area contributed by atoms with Gasteiger partial charge < -0.3 is 5.32 Å². The highest BCUT2D eigenvalue weighted by molar-refractivity contribution is 9.10. The van der Waals surface area contributed by atoms with Crippen LogP contribution in [0.1, 0.15) is 23.6 Å². The molecule has 1 aliphatic carbocycles. The number of anilines is 1. The minimum absolute atomic E-state index is 0.411. The lowest BCUT2D eigenvalue weighted by Gasteiger charge is -2.16. The van der Waals surface area contributed by atoms with E-state index in [4.69, 9.17) is 11.6 Å². The maximum atomic E-state index is 6.00. The van der Waals surface area contributed by atoms with Crippen molar-refractivity contribution in [1.82, 2.24) is 0 Å². The zero-order chi connectivity index (χ0) is 12.5. The van der Waals surface area contributed by atoms with Crippen molar-refractivity contribution in [2.24, 2.45) is 0 Å². The van der Waals surface area contributed by atoms with Crippen LogP contribution in [0.3, 0.4) is 0 Å². The second-order valence-corrected chi connectivity index (χ2v) is 5.82.